The highest BCUT2D eigenvalue weighted by molar-refractivity contribution is 7.09. The fourth-order valence-electron chi connectivity index (χ4n) is 1.77. The third-order valence-corrected chi connectivity index (χ3v) is 3.62. The van der Waals surface area contributed by atoms with Gasteiger partial charge in [0.25, 0.3) is 5.91 Å². The van der Waals surface area contributed by atoms with Crippen molar-refractivity contribution in [3.8, 4) is 0 Å². The lowest BCUT2D eigenvalue weighted by molar-refractivity contribution is 0.0945. The van der Waals surface area contributed by atoms with Crippen molar-refractivity contribution in [2.45, 2.75) is 13.1 Å². The first-order chi connectivity index (χ1) is 9.78. The highest BCUT2D eigenvalue weighted by Gasteiger charge is 2.11. The second-order valence-electron chi connectivity index (χ2n) is 4.06. The summed E-state index contributed by atoms with van der Waals surface area (Å²) in [4.78, 5) is 16.1. The molecule has 0 atom stereocenters. The molecule has 0 aliphatic carbocycles. The molecule has 3 aromatic heterocycles. The van der Waals surface area contributed by atoms with E-state index in [9.17, 15) is 4.79 Å². The van der Waals surface area contributed by atoms with Crippen molar-refractivity contribution in [2.75, 3.05) is 0 Å². The Morgan fingerprint density at radius 3 is 3.10 bits per heavy atom. The molecule has 8 heteroatoms. The molecule has 0 saturated heterocycles. The summed E-state index contributed by atoms with van der Waals surface area (Å²) in [6.45, 7) is 0.631. The van der Waals surface area contributed by atoms with Gasteiger partial charge in [0.15, 0.2) is 11.5 Å². The maximum Gasteiger partial charge on any atom is 0.271 e. The zero-order valence-corrected chi connectivity index (χ0v) is 11.3. The van der Waals surface area contributed by atoms with Gasteiger partial charge >= 0.3 is 0 Å². The monoisotopic (exact) mass is 288 g/mol. The summed E-state index contributed by atoms with van der Waals surface area (Å²) in [6.07, 6.45) is 1.85. The van der Waals surface area contributed by atoms with Crippen LogP contribution in [0.5, 0.6) is 0 Å². The quantitative estimate of drug-likeness (QED) is 0.731. The summed E-state index contributed by atoms with van der Waals surface area (Å²) < 4.78 is 1.83. The number of carbonyl (C=O) groups excluding carboxylic acids is 1. The Morgan fingerprint density at radius 2 is 2.30 bits per heavy atom. The standard InChI is InChI=1S/C12H12N6OS/c13-5-11-15-8(7-20-11)12(19)14-6-10-17-16-9-3-1-2-4-18(9)10/h1-4,7H,5-6,13H2,(H,14,19). The molecule has 0 fully saturated rings. The number of hydrogen-bond donors (Lipinski definition) is 2. The van der Waals surface area contributed by atoms with Crippen molar-refractivity contribution in [1.29, 1.82) is 0 Å². The third-order valence-electron chi connectivity index (χ3n) is 2.75. The van der Waals surface area contributed by atoms with Gasteiger partial charge in [0.05, 0.1) is 6.54 Å². The average Bonchev–Trinajstić information content (AvgIpc) is 3.11. The molecule has 0 saturated carbocycles. The second-order valence-corrected chi connectivity index (χ2v) is 5.00. The molecule has 0 bridgehead atoms. The van der Waals surface area contributed by atoms with E-state index in [0.29, 0.717) is 24.6 Å². The number of thiazole rings is 1. The highest BCUT2D eigenvalue weighted by Crippen LogP contribution is 2.09. The van der Waals surface area contributed by atoms with Crippen molar-refractivity contribution >= 4 is 22.9 Å². The van der Waals surface area contributed by atoms with Crippen LogP contribution >= 0.6 is 11.3 Å². The fourth-order valence-corrected chi connectivity index (χ4v) is 2.42. The predicted octanol–water partition coefficient (Wildman–Crippen LogP) is 0.574. The normalized spacial score (nSPS) is 10.8. The van der Waals surface area contributed by atoms with Crippen molar-refractivity contribution < 1.29 is 4.79 Å². The Morgan fingerprint density at radius 1 is 1.40 bits per heavy atom. The first-order valence-corrected chi connectivity index (χ1v) is 6.87. The van der Waals surface area contributed by atoms with Gasteiger partial charge in [-0.05, 0) is 12.1 Å². The minimum absolute atomic E-state index is 0.242. The minimum atomic E-state index is -0.242. The maximum atomic E-state index is 11.9. The number of aromatic nitrogens is 4. The molecule has 0 radical (unpaired) electrons. The molecule has 7 nitrogen and oxygen atoms in total. The lowest BCUT2D eigenvalue weighted by atomic mass is 10.4. The maximum absolute atomic E-state index is 11.9. The molecule has 0 spiro atoms. The van der Waals surface area contributed by atoms with Crippen molar-refractivity contribution in [2.24, 2.45) is 5.73 Å². The van der Waals surface area contributed by atoms with Crippen LogP contribution in [0.25, 0.3) is 5.65 Å². The van der Waals surface area contributed by atoms with Crippen LogP contribution in [0.3, 0.4) is 0 Å². The van der Waals surface area contributed by atoms with Crippen molar-refractivity contribution in [3.05, 3.63) is 46.3 Å². The number of nitrogens with two attached hydrogens (primary N) is 1. The molecule has 20 heavy (non-hydrogen) atoms. The van der Waals surface area contributed by atoms with E-state index in [2.05, 4.69) is 20.5 Å². The molecular formula is C12H12N6OS. The van der Waals surface area contributed by atoms with Crippen molar-refractivity contribution in [3.63, 3.8) is 0 Å². The topological polar surface area (TPSA) is 98.2 Å². The summed E-state index contributed by atoms with van der Waals surface area (Å²) >= 11 is 1.37. The Balaban J connectivity index is 1.71. The SMILES string of the molecule is NCc1nc(C(=O)NCc2nnc3ccccn23)cs1. The van der Waals surface area contributed by atoms with Gasteiger partial charge in [-0.15, -0.1) is 21.5 Å². The number of nitrogens with zero attached hydrogens (tertiary/aromatic N) is 4. The molecular weight excluding hydrogens is 276 g/mol. The Kier molecular flexibility index (Phi) is 3.40. The summed E-state index contributed by atoms with van der Waals surface area (Å²) in [5.41, 5.74) is 6.60. The third kappa shape index (κ3) is 2.38. The molecule has 0 aliphatic rings. The number of nitrogens with one attached hydrogen (secondary N) is 1. The zero-order chi connectivity index (χ0) is 13.9. The smallest absolute Gasteiger partial charge is 0.271 e. The lowest BCUT2D eigenvalue weighted by Gasteiger charge is -2.01. The van der Waals surface area contributed by atoms with E-state index in [0.717, 1.165) is 10.7 Å². The Bertz CT molecular complexity index is 749. The number of carbonyl (C=O) groups is 1. The molecule has 3 N–H and O–H groups in total. The highest BCUT2D eigenvalue weighted by atomic mass is 32.1. The minimum Gasteiger partial charge on any atom is -0.343 e. The molecule has 0 aliphatic heterocycles. The van der Waals surface area contributed by atoms with Crippen molar-refractivity contribution in [1.82, 2.24) is 24.9 Å². The summed E-state index contributed by atoms with van der Waals surface area (Å²) in [6, 6.07) is 5.62. The van der Waals surface area contributed by atoms with Crippen LogP contribution in [-0.4, -0.2) is 25.5 Å². The Hall–Kier alpha value is -2.32. The van der Waals surface area contributed by atoms with Crippen LogP contribution in [0.4, 0.5) is 0 Å². The number of pyridine rings is 1. The fraction of sp³-hybridized carbons (Fsp3) is 0.167. The lowest BCUT2D eigenvalue weighted by Crippen LogP contribution is -2.24. The van der Waals surface area contributed by atoms with Gasteiger partial charge in [-0.2, -0.15) is 0 Å². The van der Waals surface area contributed by atoms with Gasteiger partial charge in [-0.1, -0.05) is 6.07 Å². The van der Waals surface area contributed by atoms with E-state index in [1.165, 1.54) is 11.3 Å². The van der Waals surface area contributed by atoms with E-state index in [4.69, 9.17) is 5.73 Å². The van der Waals surface area contributed by atoms with E-state index < -0.39 is 0 Å². The number of hydrogen-bond acceptors (Lipinski definition) is 6. The van der Waals surface area contributed by atoms with Crippen LogP contribution in [0.1, 0.15) is 21.3 Å². The number of rotatable bonds is 4. The first-order valence-electron chi connectivity index (χ1n) is 5.99. The molecule has 1 amide bonds. The van der Waals surface area contributed by atoms with E-state index in [1.807, 2.05) is 28.8 Å². The van der Waals surface area contributed by atoms with E-state index in [1.54, 1.807) is 5.38 Å². The molecule has 102 valence electrons. The average molecular weight is 288 g/mol. The van der Waals surface area contributed by atoms with Gasteiger partial charge in [0.1, 0.15) is 10.7 Å². The molecule has 0 aromatic carbocycles. The second kappa shape index (κ2) is 5.35. The number of amides is 1. The predicted molar refractivity (Wildman–Crippen MR) is 74.2 cm³/mol. The molecule has 3 aromatic rings. The number of fused-ring (bicyclic) bond motifs is 1. The largest absolute Gasteiger partial charge is 0.343 e. The summed E-state index contributed by atoms with van der Waals surface area (Å²) in [5.74, 6) is 0.428. The first kappa shape index (κ1) is 12.7. The van der Waals surface area contributed by atoms with Gasteiger partial charge in [-0.25, -0.2) is 4.98 Å². The summed E-state index contributed by atoms with van der Waals surface area (Å²) in [7, 11) is 0. The van der Waals surface area contributed by atoms with Gasteiger partial charge < -0.3 is 11.1 Å². The molecule has 3 rings (SSSR count). The van der Waals surface area contributed by atoms with Crippen LogP contribution in [0.15, 0.2) is 29.8 Å². The van der Waals surface area contributed by atoms with Crippen LogP contribution < -0.4 is 11.1 Å². The van der Waals surface area contributed by atoms with Gasteiger partial charge in [-0.3, -0.25) is 9.20 Å². The zero-order valence-electron chi connectivity index (χ0n) is 10.5. The Labute approximate surface area is 118 Å². The van der Waals surface area contributed by atoms with Gasteiger partial charge in [0.2, 0.25) is 0 Å². The molecule has 0 unspecified atom stereocenters. The molecule has 3 heterocycles. The van der Waals surface area contributed by atoms with E-state index in [-0.39, 0.29) is 5.91 Å². The van der Waals surface area contributed by atoms with Gasteiger partial charge in [0, 0.05) is 18.1 Å². The van der Waals surface area contributed by atoms with E-state index >= 15 is 0 Å². The van der Waals surface area contributed by atoms with Crippen LogP contribution in [0, 0.1) is 0 Å². The summed E-state index contributed by atoms with van der Waals surface area (Å²) in [5, 5.41) is 13.3. The van der Waals surface area contributed by atoms with Crippen LogP contribution in [-0.2, 0) is 13.1 Å². The van der Waals surface area contributed by atoms with Crippen LogP contribution in [0.2, 0.25) is 0 Å².